The van der Waals surface area contributed by atoms with Crippen LogP contribution in [0, 0.1) is 0 Å². The van der Waals surface area contributed by atoms with Gasteiger partial charge in [-0.2, -0.15) is 0 Å². The first-order valence-electron chi connectivity index (χ1n) is 13.5. The van der Waals surface area contributed by atoms with Gasteiger partial charge in [0.1, 0.15) is 23.9 Å². The molecule has 1 aromatic heterocycles. The molecular formula is C29H35N7O7. The molecule has 14 heteroatoms. The summed E-state index contributed by atoms with van der Waals surface area (Å²) in [5, 5.41) is 26.9. The van der Waals surface area contributed by atoms with E-state index in [1.54, 1.807) is 24.3 Å². The number of hydrogen-bond acceptors (Lipinski definition) is 8. The number of imidazole rings is 1. The van der Waals surface area contributed by atoms with Gasteiger partial charge in [0.25, 0.3) is 0 Å². The highest BCUT2D eigenvalue weighted by Gasteiger charge is 2.31. The van der Waals surface area contributed by atoms with Crippen molar-refractivity contribution in [1.82, 2.24) is 25.9 Å². The predicted octanol–water partition coefficient (Wildman–Crippen LogP) is -0.725. The Hall–Kier alpha value is -5.24. The average Bonchev–Trinajstić information content (AvgIpc) is 3.49. The molecule has 4 atom stereocenters. The van der Waals surface area contributed by atoms with Crippen LogP contribution in [0.2, 0.25) is 0 Å². The Bertz CT molecular complexity index is 1380. The van der Waals surface area contributed by atoms with E-state index in [2.05, 4.69) is 25.9 Å². The number of benzene rings is 2. The number of aromatic nitrogens is 2. The van der Waals surface area contributed by atoms with Gasteiger partial charge in [-0.25, -0.2) is 9.78 Å². The van der Waals surface area contributed by atoms with E-state index in [-0.39, 0.29) is 37.9 Å². The average molecular weight is 594 g/mol. The van der Waals surface area contributed by atoms with E-state index in [1.165, 1.54) is 36.8 Å². The summed E-state index contributed by atoms with van der Waals surface area (Å²) >= 11 is 0. The predicted molar refractivity (Wildman–Crippen MR) is 154 cm³/mol. The highest BCUT2D eigenvalue weighted by atomic mass is 16.4. The van der Waals surface area contributed by atoms with Crippen molar-refractivity contribution >= 4 is 29.6 Å². The Labute approximate surface area is 247 Å². The fourth-order valence-electron chi connectivity index (χ4n) is 4.23. The van der Waals surface area contributed by atoms with E-state index < -0.39 is 53.8 Å². The SMILES string of the molecule is NC(=O)CCC(NC(=O)C(N)Cc1ccccc1)C(=O)NC(Cc1ccc(O)cc1)C(=O)NC(Cc1cnc[nH]1)C(=O)O. The minimum Gasteiger partial charge on any atom is -0.508 e. The van der Waals surface area contributed by atoms with Crippen LogP contribution in [0.1, 0.15) is 29.7 Å². The molecule has 4 amide bonds. The van der Waals surface area contributed by atoms with Gasteiger partial charge < -0.3 is 42.6 Å². The first-order chi connectivity index (χ1) is 20.5. The second-order valence-electron chi connectivity index (χ2n) is 9.97. The zero-order valence-electron chi connectivity index (χ0n) is 23.2. The summed E-state index contributed by atoms with van der Waals surface area (Å²) in [7, 11) is 0. The molecule has 14 nitrogen and oxygen atoms in total. The van der Waals surface area contributed by atoms with Gasteiger partial charge in [-0.15, -0.1) is 0 Å². The van der Waals surface area contributed by atoms with Crippen molar-refractivity contribution in [2.45, 2.75) is 56.3 Å². The highest BCUT2D eigenvalue weighted by molar-refractivity contribution is 5.94. The van der Waals surface area contributed by atoms with E-state index in [0.717, 1.165) is 5.56 Å². The van der Waals surface area contributed by atoms with Gasteiger partial charge in [-0.1, -0.05) is 42.5 Å². The zero-order chi connectivity index (χ0) is 31.4. The number of phenolic OH excluding ortho intramolecular Hbond substituents is 1. The van der Waals surface area contributed by atoms with Gasteiger partial charge in [0.2, 0.25) is 23.6 Å². The number of rotatable bonds is 16. The normalized spacial score (nSPS) is 13.6. The molecule has 228 valence electrons. The fraction of sp³-hybridized carbons (Fsp3) is 0.310. The van der Waals surface area contributed by atoms with Gasteiger partial charge in [0, 0.05) is 31.2 Å². The topological polar surface area (TPSA) is 243 Å². The summed E-state index contributed by atoms with van der Waals surface area (Å²) in [4.78, 5) is 69.8. The van der Waals surface area contributed by atoms with Crippen molar-refractivity contribution in [3.8, 4) is 5.75 Å². The van der Waals surface area contributed by atoms with E-state index in [9.17, 15) is 34.2 Å². The van der Waals surface area contributed by atoms with Crippen LogP contribution in [-0.4, -0.2) is 73.9 Å². The van der Waals surface area contributed by atoms with E-state index in [4.69, 9.17) is 11.5 Å². The van der Waals surface area contributed by atoms with Gasteiger partial charge in [0.05, 0.1) is 12.4 Å². The van der Waals surface area contributed by atoms with Crippen molar-refractivity contribution in [3.05, 3.63) is 83.9 Å². The Morgan fingerprint density at radius 2 is 1.40 bits per heavy atom. The third kappa shape index (κ3) is 10.6. The number of aliphatic carboxylic acids is 1. The molecule has 1 heterocycles. The molecule has 2 aromatic carbocycles. The maximum Gasteiger partial charge on any atom is 0.326 e. The lowest BCUT2D eigenvalue weighted by Crippen LogP contribution is -2.58. The third-order valence-electron chi connectivity index (χ3n) is 6.55. The third-order valence-corrected chi connectivity index (χ3v) is 6.55. The Morgan fingerprint density at radius 1 is 0.791 bits per heavy atom. The number of nitrogens with one attached hydrogen (secondary N) is 4. The van der Waals surface area contributed by atoms with Crippen LogP contribution in [0.5, 0.6) is 5.75 Å². The van der Waals surface area contributed by atoms with Crippen LogP contribution in [0.25, 0.3) is 0 Å². The number of primary amides is 1. The number of phenols is 1. The monoisotopic (exact) mass is 593 g/mol. The highest BCUT2D eigenvalue weighted by Crippen LogP contribution is 2.13. The maximum atomic E-state index is 13.4. The number of carbonyl (C=O) groups excluding carboxylic acids is 4. The van der Waals surface area contributed by atoms with E-state index in [1.807, 2.05) is 6.07 Å². The zero-order valence-corrected chi connectivity index (χ0v) is 23.2. The first kappa shape index (κ1) is 32.3. The quantitative estimate of drug-likeness (QED) is 0.104. The number of carboxylic acids is 1. The van der Waals surface area contributed by atoms with Crippen LogP contribution in [0.4, 0.5) is 0 Å². The molecule has 10 N–H and O–H groups in total. The molecule has 3 rings (SSSR count). The number of amides is 4. The summed E-state index contributed by atoms with van der Waals surface area (Å²) in [6, 6.07) is 9.94. The summed E-state index contributed by atoms with van der Waals surface area (Å²) in [5.41, 5.74) is 13.2. The lowest BCUT2D eigenvalue weighted by atomic mass is 10.0. The Morgan fingerprint density at radius 3 is 2.00 bits per heavy atom. The van der Waals surface area contributed by atoms with Gasteiger partial charge in [-0.05, 0) is 36.1 Å². The van der Waals surface area contributed by atoms with Crippen LogP contribution >= 0.6 is 0 Å². The number of carbonyl (C=O) groups is 5. The van der Waals surface area contributed by atoms with Crippen LogP contribution in [-0.2, 0) is 43.2 Å². The number of nitrogens with two attached hydrogens (primary N) is 2. The summed E-state index contributed by atoms with van der Waals surface area (Å²) in [6.45, 7) is 0. The standard InChI is InChI=1S/C29H35N7O7/c30-21(12-17-4-2-1-3-5-17)26(39)34-22(10-11-25(31)38)27(40)35-23(13-18-6-8-20(37)9-7-18)28(41)36-24(29(42)43)14-19-15-32-16-33-19/h1-9,15-16,21-24,37H,10-14,30H2,(H2,31,38)(H,32,33)(H,34,39)(H,35,40)(H,36,41)(H,42,43). The fourth-order valence-corrected chi connectivity index (χ4v) is 4.23. The molecule has 0 saturated heterocycles. The largest absolute Gasteiger partial charge is 0.508 e. The van der Waals surface area contributed by atoms with Gasteiger partial charge >= 0.3 is 5.97 Å². The van der Waals surface area contributed by atoms with Crippen LogP contribution < -0.4 is 27.4 Å². The van der Waals surface area contributed by atoms with Crippen molar-refractivity contribution in [2.24, 2.45) is 11.5 Å². The smallest absolute Gasteiger partial charge is 0.326 e. The summed E-state index contributed by atoms with van der Waals surface area (Å²) < 4.78 is 0. The lowest BCUT2D eigenvalue weighted by molar-refractivity contribution is -0.142. The summed E-state index contributed by atoms with van der Waals surface area (Å²) in [5.74, 6) is -4.30. The molecule has 0 bridgehead atoms. The molecule has 43 heavy (non-hydrogen) atoms. The van der Waals surface area contributed by atoms with Gasteiger partial charge in [0.15, 0.2) is 0 Å². The molecule has 0 aliphatic heterocycles. The molecule has 0 aliphatic carbocycles. The molecule has 0 aliphatic rings. The first-order valence-corrected chi connectivity index (χ1v) is 13.5. The van der Waals surface area contributed by atoms with Crippen molar-refractivity contribution in [2.75, 3.05) is 0 Å². The van der Waals surface area contributed by atoms with E-state index in [0.29, 0.717) is 11.3 Å². The van der Waals surface area contributed by atoms with Crippen LogP contribution in [0.15, 0.2) is 67.1 Å². The molecule has 3 aromatic rings. The molecule has 0 fully saturated rings. The minimum absolute atomic E-state index is 0.0136. The molecular weight excluding hydrogens is 558 g/mol. The Kier molecular flexibility index (Phi) is 11.8. The second kappa shape index (κ2) is 15.7. The summed E-state index contributed by atoms with van der Waals surface area (Å²) in [6.07, 6.45) is 2.39. The lowest BCUT2D eigenvalue weighted by Gasteiger charge is -2.25. The molecule has 0 radical (unpaired) electrons. The minimum atomic E-state index is -1.35. The number of aromatic amines is 1. The number of H-pyrrole nitrogens is 1. The number of aromatic hydroxyl groups is 1. The van der Waals surface area contributed by atoms with Crippen LogP contribution in [0.3, 0.4) is 0 Å². The van der Waals surface area contributed by atoms with Crippen molar-refractivity contribution < 1.29 is 34.2 Å². The molecule has 0 spiro atoms. The second-order valence-corrected chi connectivity index (χ2v) is 9.97. The maximum absolute atomic E-state index is 13.4. The van der Waals surface area contributed by atoms with Crippen molar-refractivity contribution in [3.63, 3.8) is 0 Å². The number of nitrogens with zero attached hydrogens (tertiary/aromatic N) is 1. The Balaban J connectivity index is 1.78. The molecule has 4 unspecified atom stereocenters. The molecule has 0 saturated carbocycles. The number of hydrogen-bond donors (Lipinski definition) is 8. The van der Waals surface area contributed by atoms with Gasteiger partial charge in [-0.3, -0.25) is 19.2 Å². The number of carboxylic acid groups (broad SMARTS) is 1. The van der Waals surface area contributed by atoms with E-state index >= 15 is 0 Å². The van der Waals surface area contributed by atoms with Crippen molar-refractivity contribution in [1.29, 1.82) is 0 Å².